The fourth-order valence-electron chi connectivity index (χ4n) is 0. The molecule has 0 aromatic heterocycles. The maximum absolute atomic E-state index is 0. The van der Waals surface area contributed by atoms with Crippen LogP contribution < -0.4 is 0 Å². The second kappa shape index (κ2) is 17.3. The van der Waals surface area contributed by atoms with Crippen molar-refractivity contribution in [2.75, 3.05) is 0 Å². The van der Waals surface area contributed by atoms with E-state index in [4.69, 9.17) is 0 Å². The maximum Gasteiger partial charge on any atom is 2.00 e. The van der Waals surface area contributed by atoms with Crippen LogP contribution in [0.15, 0.2) is 0 Å². The summed E-state index contributed by atoms with van der Waals surface area (Å²) in [5.41, 5.74) is 0. The number of hydrogen-bond acceptors (Lipinski definition) is 0. The van der Waals surface area contributed by atoms with Crippen molar-refractivity contribution in [3.63, 3.8) is 0 Å². The summed E-state index contributed by atoms with van der Waals surface area (Å²) in [6.07, 6.45) is 0. The summed E-state index contributed by atoms with van der Waals surface area (Å²) < 4.78 is 0. The minimum atomic E-state index is 0. The van der Waals surface area contributed by atoms with Gasteiger partial charge in [0.05, 0.1) is 0 Å². The van der Waals surface area contributed by atoms with Gasteiger partial charge in [-0.2, -0.15) is 0 Å². The van der Waals surface area contributed by atoms with Crippen molar-refractivity contribution in [2.45, 2.75) is 0 Å². The SMILES string of the molecule is O.[H-].[H-].[Mn].[Nb].[Sr+2]. The second-order valence-corrected chi connectivity index (χ2v) is 0. The third-order valence-corrected chi connectivity index (χ3v) is 0. The van der Waals surface area contributed by atoms with Crippen LogP contribution in [0.25, 0.3) is 0 Å². The third kappa shape index (κ3) is 8.83. The Morgan fingerprint density at radius 3 is 1.25 bits per heavy atom. The molecule has 0 aliphatic rings. The van der Waals surface area contributed by atoms with E-state index < -0.39 is 0 Å². The van der Waals surface area contributed by atoms with Crippen molar-refractivity contribution in [3.8, 4) is 0 Å². The van der Waals surface area contributed by atoms with E-state index in [9.17, 15) is 0 Å². The molecule has 2 radical (unpaired) electrons. The zero-order valence-electron chi connectivity index (χ0n) is 4.03. The predicted molar refractivity (Wildman–Crippen MR) is 11.6 cm³/mol. The minimum Gasteiger partial charge on any atom is -1.00 e. The van der Waals surface area contributed by atoms with Crippen LogP contribution in [0.4, 0.5) is 0 Å². The molecule has 0 spiro atoms. The summed E-state index contributed by atoms with van der Waals surface area (Å²) in [7, 11) is 0. The van der Waals surface area contributed by atoms with Crippen molar-refractivity contribution in [3.05, 3.63) is 0 Å². The van der Waals surface area contributed by atoms with Gasteiger partial charge >= 0.3 is 45.5 Å². The Kier molecular flexibility index (Phi) is 129. The average Bonchev–Trinajstić information content (AvgIpc) is 0. The molecule has 4 heavy (non-hydrogen) atoms. The zero-order valence-corrected chi connectivity index (χ0v) is 8.89. The molecule has 0 bridgehead atoms. The van der Waals surface area contributed by atoms with Gasteiger partial charge in [-0.1, -0.05) is 0 Å². The molecule has 0 saturated heterocycles. The Balaban J connectivity index is 0. The molecule has 0 saturated carbocycles. The molecular weight excluding hydrogens is 251 g/mol. The summed E-state index contributed by atoms with van der Waals surface area (Å²) in [5, 5.41) is 0. The molecule has 24 valence electrons. The van der Waals surface area contributed by atoms with Crippen molar-refractivity contribution in [2.24, 2.45) is 0 Å². The van der Waals surface area contributed by atoms with E-state index in [2.05, 4.69) is 0 Å². The van der Waals surface area contributed by atoms with Gasteiger partial charge < -0.3 is 8.33 Å². The van der Waals surface area contributed by atoms with Crippen LogP contribution in [0.3, 0.4) is 0 Å². The van der Waals surface area contributed by atoms with Crippen LogP contribution in [-0.2, 0) is 39.4 Å². The van der Waals surface area contributed by atoms with E-state index in [-0.39, 0.29) is 93.3 Å². The van der Waals surface area contributed by atoms with E-state index in [0.717, 1.165) is 0 Å². The molecule has 0 aliphatic carbocycles. The number of hydrogen-bond donors (Lipinski definition) is 0. The Bertz CT molecular complexity index is 13.5. The van der Waals surface area contributed by atoms with Crippen molar-refractivity contribution in [1.29, 1.82) is 0 Å². The van der Waals surface area contributed by atoms with Crippen LogP contribution in [0.5, 0.6) is 0 Å². The first-order chi connectivity index (χ1) is 0. The summed E-state index contributed by atoms with van der Waals surface area (Å²) in [5.74, 6) is 0. The largest absolute Gasteiger partial charge is 2.00 e. The first-order valence-electron chi connectivity index (χ1n) is 0. The van der Waals surface area contributed by atoms with Gasteiger partial charge in [0.2, 0.25) is 0 Å². The van der Waals surface area contributed by atoms with Gasteiger partial charge in [0.25, 0.3) is 0 Å². The topological polar surface area (TPSA) is 31.5 Å². The fraction of sp³-hybridized carbons (Fsp3) is 0. The Morgan fingerprint density at radius 1 is 1.25 bits per heavy atom. The Hall–Kier alpha value is 2.70. The summed E-state index contributed by atoms with van der Waals surface area (Å²) in [6.45, 7) is 0. The van der Waals surface area contributed by atoms with Crippen LogP contribution in [0.1, 0.15) is 2.85 Å². The van der Waals surface area contributed by atoms with Gasteiger partial charge in [0.1, 0.15) is 0 Å². The first-order valence-corrected chi connectivity index (χ1v) is 0. The molecule has 1 nitrogen and oxygen atoms in total. The minimum absolute atomic E-state index is 0. The Morgan fingerprint density at radius 2 is 1.25 bits per heavy atom. The molecule has 0 heterocycles. The predicted octanol–water partition coefficient (Wildman–Crippen LogP) is -0.986. The monoisotopic (exact) mass is 256 g/mol. The van der Waals surface area contributed by atoms with Gasteiger partial charge in [0.15, 0.2) is 0 Å². The Labute approximate surface area is 91.4 Å². The van der Waals surface area contributed by atoms with Crippen LogP contribution >= 0.6 is 0 Å². The normalized spacial score (nSPS) is 0. The van der Waals surface area contributed by atoms with E-state index in [0.29, 0.717) is 0 Å². The molecule has 0 fully saturated rings. The van der Waals surface area contributed by atoms with Crippen LogP contribution in [0, 0.1) is 0 Å². The quantitative estimate of drug-likeness (QED) is 0.498. The molecule has 2 N–H and O–H groups in total. The number of rotatable bonds is 0. The van der Waals surface area contributed by atoms with E-state index in [1.54, 1.807) is 0 Å². The molecule has 0 atom stereocenters. The van der Waals surface area contributed by atoms with Gasteiger partial charge in [-0.05, 0) is 0 Å². The first kappa shape index (κ1) is 29.9. The van der Waals surface area contributed by atoms with E-state index in [1.807, 2.05) is 0 Å². The molecule has 0 aromatic rings. The second-order valence-electron chi connectivity index (χ2n) is 0. The molecule has 4 heteroatoms. The van der Waals surface area contributed by atoms with Crippen molar-refractivity contribution >= 4 is 45.5 Å². The van der Waals surface area contributed by atoms with Gasteiger partial charge in [-0.15, -0.1) is 0 Å². The fourth-order valence-corrected chi connectivity index (χ4v) is 0. The molecule has 0 amide bonds. The molecule has 0 aliphatic heterocycles. The van der Waals surface area contributed by atoms with E-state index in [1.165, 1.54) is 0 Å². The smallest absolute Gasteiger partial charge is 1.00 e. The molecule has 0 unspecified atom stereocenters. The zero-order chi connectivity index (χ0) is 0. The van der Waals surface area contributed by atoms with Crippen LogP contribution in [0.2, 0.25) is 0 Å². The standard InChI is InChI=1S/Mn.Nb.H2O.Sr.2H/h;;1H2;;;/q;;;+2;2*-1. The van der Waals surface area contributed by atoms with Crippen LogP contribution in [-0.4, -0.2) is 51.0 Å². The maximum atomic E-state index is 0. The third-order valence-electron chi connectivity index (χ3n) is 0. The van der Waals surface area contributed by atoms with Gasteiger partial charge in [-0.25, -0.2) is 0 Å². The molecular formula is H4MnNbOSr. The van der Waals surface area contributed by atoms with E-state index >= 15 is 0 Å². The summed E-state index contributed by atoms with van der Waals surface area (Å²) in [4.78, 5) is 0. The summed E-state index contributed by atoms with van der Waals surface area (Å²) in [6, 6.07) is 0. The molecule has 0 aromatic carbocycles. The van der Waals surface area contributed by atoms with Crippen molar-refractivity contribution < 1.29 is 47.8 Å². The average molecular weight is 255 g/mol. The molecule has 0 rings (SSSR count). The van der Waals surface area contributed by atoms with Gasteiger partial charge in [-0.3, -0.25) is 0 Å². The summed E-state index contributed by atoms with van der Waals surface area (Å²) >= 11 is 0. The van der Waals surface area contributed by atoms with Gasteiger partial charge in [0, 0.05) is 39.4 Å². The van der Waals surface area contributed by atoms with Crippen molar-refractivity contribution in [1.82, 2.24) is 0 Å².